The largest absolute Gasteiger partial charge is 0.465 e. The second kappa shape index (κ2) is 9.35. The summed E-state index contributed by atoms with van der Waals surface area (Å²) in [7, 11) is 0. The highest BCUT2D eigenvalue weighted by Crippen LogP contribution is 2.15. The zero-order valence-corrected chi connectivity index (χ0v) is 13.0. The van der Waals surface area contributed by atoms with E-state index in [0.717, 1.165) is 25.4 Å². The fraction of sp³-hybridized carbons (Fsp3) is 0.938. The lowest BCUT2D eigenvalue weighted by Gasteiger charge is -2.15. The smallest absolute Gasteiger partial charge is 0.320 e. The molecule has 0 aromatic carbocycles. The number of hydrogen-bond acceptors (Lipinski definition) is 3. The Balaban J connectivity index is 1.97. The van der Waals surface area contributed by atoms with Crippen LogP contribution in [0.2, 0.25) is 0 Å². The monoisotopic (exact) mass is 269 g/mol. The molecule has 1 heterocycles. The first-order chi connectivity index (χ1) is 9.08. The van der Waals surface area contributed by atoms with Gasteiger partial charge in [-0.2, -0.15) is 0 Å². The van der Waals surface area contributed by atoms with E-state index in [4.69, 9.17) is 4.74 Å². The van der Waals surface area contributed by atoms with E-state index < -0.39 is 0 Å². The highest BCUT2D eigenvalue weighted by molar-refractivity contribution is 5.71. The number of carbonyl (C=O) groups is 1. The first-order valence-electron chi connectivity index (χ1n) is 7.96. The maximum atomic E-state index is 11.6. The van der Waals surface area contributed by atoms with Crippen LogP contribution in [0, 0.1) is 11.8 Å². The quantitative estimate of drug-likeness (QED) is 0.600. The number of rotatable bonds is 9. The summed E-state index contributed by atoms with van der Waals surface area (Å²) in [6.45, 7) is 9.99. The van der Waals surface area contributed by atoms with Gasteiger partial charge in [-0.05, 0) is 44.2 Å². The summed E-state index contributed by atoms with van der Waals surface area (Å²) in [5, 5.41) is 0. The number of ether oxygens (including phenoxy) is 1. The second-order valence-electron chi connectivity index (χ2n) is 6.42. The van der Waals surface area contributed by atoms with Crippen molar-refractivity contribution in [2.45, 2.75) is 59.3 Å². The minimum atomic E-state index is -0.0451. The summed E-state index contributed by atoms with van der Waals surface area (Å²) in [5.41, 5.74) is 0. The highest BCUT2D eigenvalue weighted by Gasteiger charge is 2.15. The fourth-order valence-corrected chi connectivity index (χ4v) is 2.56. The fourth-order valence-electron chi connectivity index (χ4n) is 2.56. The summed E-state index contributed by atoms with van der Waals surface area (Å²) >= 11 is 0. The van der Waals surface area contributed by atoms with Crippen LogP contribution in [0.15, 0.2) is 0 Å². The average Bonchev–Trinajstić information content (AvgIpc) is 2.81. The molecule has 1 rings (SSSR count). The zero-order valence-electron chi connectivity index (χ0n) is 13.0. The van der Waals surface area contributed by atoms with Crippen LogP contribution in [-0.2, 0) is 9.53 Å². The van der Waals surface area contributed by atoms with Gasteiger partial charge < -0.3 is 4.74 Å². The second-order valence-corrected chi connectivity index (χ2v) is 6.42. The summed E-state index contributed by atoms with van der Waals surface area (Å²) in [4.78, 5) is 13.8. The van der Waals surface area contributed by atoms with E-state index in [-0.39, 0.29) is 5.97 Å². The number of esters is 1. The summed E-state index contributed by atoms with van der Waals surface area (Å²) in [6, 6.07) is 0. The minimum absolute atomic E-state index is 0.0451. The lowest BCUT2D eigenvalue weighted by Crippen LogP contribution is -2.28. The maximum Gasteiger partial charge on any atom is 0.320 e. The lowest BCUT2D eigenvalue weighted by molar-refractivity contribution is -0.145. The predicted octanol–water partition coefficient (Wildman–Crippen LogP) is 3.48. The standard InChI is InChI=1S/C16H31NO2/c1-14(2)7-6-8-15(3)9-12-19-16(18)13-17-10-4-5-11-17/h14-15H,4-13H2,1-3H3/t15-/m0/s1. The third-order valence-corrected chi connectivity index (χ3v) is 3.90. The van der Waals surface area contributed by atoms with Crippen LogP contribution in [0.4, 0.5) is 0 Å². The van der Waals surface area contributed by atoms with E-state index in [1.54, 1.807) is 0 Å². The molecule has 0 N–H and O–H groups in total. The number of likely N-dealkylation sites (tertiary alicyclic amines) is 1. The Hall–Kier alpha value is -0.570. The summed E-state index contributed by atoms with van der Waals surface area (Å²) in [6.07, 6.45) is 7.30. The molecule has 1 aliphatic rings. The van der Waals surface area contributed by atoms with Gasteiger partial charge >= 0.3 is 5.97 Å². The highest BCUT2D eigenvalue weighted by atomic mass is 16.5. The molecule has 19 heavy (non-hydrogen) atoms. The van der Waals surface area contributed by atoms with Crippen molar-refractivity contribution in [3.8, 4) is 0 Å². The van der Waals surface area contributed by atoms with Crippen molar-refractivity contribution in [1.82, 2.24) is 4.90 Å². The van der Waals surface area contributed by atoms with Gasteiger partial charge in [-0.1, -0.05) is 40.0 Å². The van der Waals surface area contributed by atoms with Gasteiger partial charge in [0.05, 0.1) is 13.2 Å². The molecule has 0 aromatic heterocycles. The van der Waals surface area contributed by atoms with Gasteiger partial charge in [-0.3, -0.25) is 9.69 Å². The first-order valence-corrected chi connectivity index (χ1v) is 7.96. The maximum absolute atomic E-state index is 11.6. The molecule has 1 atom stereocenters. The van der Waals surface area contributed by atoms with Crippen LogP contribution < -0.4 is 0 Å². The molecule has 1 saturated heterocycles. The number of carbonyl (C=O) groups excluding carboxylic acids is 1. The van der Waals surface area contributed by atoms with Crippen molar-refractivity contribution < 1.29 is 9.53 Å². The van der Waals surface area contributed by atoms with E-state index in [1.165, 1.54) is 32.1 Å². The Morgan fingerprint density at radius 2 is 1.79 bits per heavy atom. The van der Waals surface area contributed by atoms with E-state index in [2.05, 4.69) is 25.7 Å². The predicted molar refractivity (Wildman–Crippen MR) is 79.1 cm³/mol. The van der Waals surface area contributed by atoms with Crippen molar-refractivity contribution in [3.63, 3.8) is 0 Å². The van der Waals surface area contributed by atoms with Gasteiger partial charge in [0, 0.05) is 0 Å². The first kappa shape index (κ1) is 16.5. The Morgan fingerprint density at radius 1 is 1.11 bits per heavy atom. The van der Waals surface area contributed by atoms with Gasteiger partial charge in [-0.25, -0.2) is 0 Å². The minimum Gasteiger partial charge on any atom is -0.465 e. The van der Waals surface area contributed by atoms with Crippen LogP contribution in [0.3, 0.4) is 0 Å². The van der Waals surface area contributed by atoms with Gasteiger partial charge in [-0.15, -0.1) is 0 Å². The molecule has 0 saturated carbocycles. The molecule has 0 radical (unpaired) electrons. The molecule has 3 nitrogen and oxygen atoms in total. The Labute approximate surface area is 118 Å². The van der Waals surface area contributed by atoms with Gasteiger partial charge in [0.1, 0.15) is 0 Å². The zero-order chi connectivity index (χ0) is 14.1. The molecule has 0 aliphatic carbocycles. The third kappa shape index (κ3) is 8.25. The van der Waals surface area contributed by atoms with Crippen molar-refractivity contribution in [3.05, 3.63) is 0 Å². The molecular weight excluding hydrogens is 238 g/mol. The Kier molecular flexibility index (Phi) is 8.11. The third-order valence-electron chi connectivity index (χ3n) is 3.90. The Morgan fingerprint density at radius 3 is 2.42 bits per heavy atom. The van der Waals surface area contributed by atoms with Crippen molar-refractivity contribution in [1.29, 1.82) is 0 Å². The van der Waals surface area contributed by atoms with E-state index in [9.17, 15) is 4.79 Å². The molecule has 0 unspecified atom stereocenters. The number of hydrogen-bond donors (Lipinski definition) is 0. The van der Waals surface area contributed by atoms with E-state index >= 15 is 0 Å². The van der Waals surface area contributed by atoms with E-state index in [0.29, 0.717) is 19.1 Å². The van der Waals surface area contributed by atoms with Crippen LogP contribution in [-0.4, -0.2) is 37.1 Å². The van der Waals surface area contributed by atoms with Crippen LogP contribution in [0.25, 0.3) is 0 Å². The molecule has 112 valence electrons. The summed E-state index contributed by atoms with van der Waals surface area (Å²) < 4.78 is 5.32. The van der Waals surface area contributed by atoms with Crippen molar-refractivity contribution >= 4 is 5.97 Å². The average molecular weight is 269 g/mol. The molecule has 0 spiro atoms. The molecule has 0 bridgehead atoms. The van der Waals surface area contributed by atoms with Crippen LogP contribution in [0.1, 0.15) is 59.3 Å². The molecule has 0 amide bonds. The SMILES string of the molecule is CC(C)CCC[C@H](C)CCOC(=O)CN1CCCC1. The molecule has 1 fully saturated rings. The van der Waals surface area contributed by atoms with Crippen LogP contribution in [0.5, 0.6) is 0 Å². The molecule has 1 aliphatic heterocycles. The van der Waals surface area contributed by atoms with Crippen molar-refractivity contribution in [2.75, 3.05) is 26.2 Å². The molecular formula is C16H31NO2. The molecule has 3 heteroatoms. The van der Waals surface area contributed by atoms with Gasteiger partial charge in [0.2, 0.25) is 0 Å². The summed E-state index contributed by atoms with van der Waals surface area (Å²) in [5.74, 6) is 1.42. The van der Waals surface area contributed by atoms with Crippen molar-refractivity contribution in [2.24, 2.45) is 11.8 Å². The number of nitrogens with zero attached hydrogens (tertiary/aromatic N) is 1. The Bertz CT molecular complexity index is 247. The normalized spacial score (nSPS) is 17.9. The lowest BCUT2D eigenvalue weighted by atomic mass is 9.98. The molecule has 0 aromatic rings. The van der Waals surface area contributed by atoms with Gasteiger partial charge in [0.15, 0.2) is 0 Å². The topological polar surface area (TPSA) is 29.5 Å². The van der Waals surface area contributed by atoms with Gasteiger partial charge in [0.25, 0.3) is 0 Å². The van der Waals surface area contributed by atoms with E-state index in [1.807, 2.05) is 0 Å². The van der Waals surface area contributed by atoms with Crippen LogP contribution >= 0.6 is 0 Å².